The molecule has 6 nitrogen and oxygen atoms in total. The standard InChI is InChI=1S/C28H37N3O3/c1-21(2)18-29-19-24(27(33)30-14-8-3-4-9-15-30)26(32)25(20-29)28(34)31-16-12-23(13-17-31)22-10-6-5-7-11-22/h5-7,10-11,19-21,23H,3-4,8-9,12-18H2,1-2H3. The van der Waals surface area contributed by atoms with E-state index in [9.17, 15) is 14.4 Å². The van der Waals surface area contributed by atoms with Crippen molar-refractivity contribution < 1.29 is 9.59 Å². The monoisotopic (exact) mass is 463 g/mol. The molecule has 2 aliphatic heterocycles. The van der Waals surface area contributed by atoms with E-state index in [4.69, 9.17) is 0 Å². The van der Waals surface area contributed by atoms with Crippen LogP contribution in [-0.2, 0) is 6.54 Å². The first-order chi connectivity index (χ1) is 16.4. The third-order valence-corrected chi connectivity index (χ3v) is 7.06. The van der Waals surface area contributed by atoms with Crippen LogP contribution in [0, 0.1) is 5.92 Å². The lowest BCUT2D eigenvalue weighted by Crippen LogP contribution is -2.42. The van der Waals surface area contributed by atoms with E-state index in [-0.39, 0.29) is 22.9 Å². The Labute approximate surface area is 202 Å². The van der Waals surface area contributed by atoms with Crippen LogP contribution in [0.15, 0.2) is 47.5 Å². The van der Waals surface area contributed by atoms with Crippen LogP contribution in [0.4, 0.5) is 0 Å². The Morgan fingerprint density at radius 2 is 1.35 bits per heavy atom. The van der Waals surface area contributed by atoms with Crippen molar-refractivity contribution in [1.29, 1.82) is 0 Å². The number of carbonyl (C=O) groups is 2. The highest BCUT2D eigenvalue weighted by Gasteiger charge is 2.29. The van der Waals surface area contributed by atoms with E-state index in [1.807, 2.05) is 10.6 Å². The highest BCUT2D eigenvalue weighted by atomic mass is 16.2. The third kappa shape index (κ3) is 5.60. The molecule has 0 saturated carbocycles. The van der Waals surface area contributed by atoms with E-state index in [1.165, 1.54) is 5.56 Å². The van der Waals surface area contributed by atoms with Crippen molar-refractivity contribution in [3.05, 3.63) is 69.6 Å². The summed E-state index contributed by atoms with van der Waals surface area (Å²) in [5.41, 5.74) is 1.13. The lowest BCUT2D eigenvalue weighted by atomic mass is 9.89. The molecular formula is C28H37N3O3. The fraction of sp³-hybridized carbons (Fsp3) is 0.536. The molecule has 2 amide bonds. The molecule has 0 spiro atoms. The molecule has 1 aromatic heterocycles. The zero-order valence-corrected chi connectivity index (χ0v) is 20.5. The second-order valence-electron chi connectivity index (χ2n) is 10.2. The summed E-state index contributed by atoms with van der Waals surface area (Å²) in [6.45, 7) is 7.41. The Balaban J connectivity index is 1.57. The normalized spacial score (nSPS) is 17.6. The molecule has 2 aromatic rings. The number of benzene rings is 1. The van der Waals surface area contributed by atoms with Gasteiger partial charge in [-0.05, 0) is 43.1 Å². The molecule has 4 rings (SSSR count). The molecule has 182 valence electrons. The number of nitrogens with zero attached hydrogens (tertiary/aromatic N) is 3. The van der Waals surface area contributed by atoms with Crippen molar-refractivity contribution in [3.63, 3.8) is 0 Å². The fourth-order valence-electron chi connectivity index (χ4n) is 5.22. The molecule has 0 atom stereocenters. The van der Waals surface area contributed by atoms with Gasteiger partial charge in [-0.2, -0.15) is 0 Å². The van der Waals surface area contributed by atoms with Gasteiger partial charge in [0.1, 0.15) is 11.1 Å². The zero-order chi connectivity index (χ0) is 24.1. The highest BCUT2D eigenvalue weighted by molar-refractivity contribution is 5.99. The SMILES string of the molecule is CC(C)Cn1cc(C(=O)N2CCCCCC2)c(=O)c(C(=O)N2CCC(c3ccccc3)CC2)c1. The van der Waals surface area contributed by atoms with Crippen LogP contribution in [-0.4, -0.2) is 52.4 Å². The van der Waals surface area contributed by atoms with Crippen molar-refractivity contribution in [2.75, 3.05) is 26.2 Å². The van der Waals surface area contributed by atoms with E-state index in [0.717, 1.165) is 38.5 Å². The fourth-order valence-corrected chi connectivity index (χ4v) is 5.22. The Morgan fingerprint density at radius 3 is 1.88 bits per heavy atom. The van der Waals surface area contributed by atoms with Crippen LogP contribution in [0.2, 0.25) is 0 Å². The first kappa shape index (κ1) is 24.2. The van der Waals surface area contributed by atoms with Crippen LogP contribution in [0.3, 0.4) is 0 Å². The molecule has 0 radical (unpaired) electrons. The molecule has 0 aliphatic carbocycles. The second kappa shape index (κ2) is 11.0. The van der Waals surface area contributed by atoms with Crippen LogP contribution in [0.1, 0.15) is 84.6 Å². The Kier molecular flexibility index (Phi) is 7.86. The number of rotatable bonds is 5. The van der Waals surface area contributed by atoms with Crippen molar-refractivity contribution in [1.82, 2.24) is 14.4 Å². The number of amides is 2. The van der Waals surface area contributed by atoms with E-state index < -0.39 is 5.43 Å². The van der Waals surface area contributed by atoms with Crippen LogP contribution in [0.25, 0.3) is 0 Å². The predicted molar refractivity (Wildman–Crippen MR) is 134 cm³/mol. The van der Waals surface area contributed by atoms with Crippen molar-refractivity contribution in [3.8, 4) is 0 Å². The van der Waals surface area contributed by atoms with E-state index in [0.29, 0.717) is 44.6 Å². The molecule has 6 heteroatoms. The van der Waals surface area contributed by atoms with Crippen LogP contribution >= 0.6 is 0 Å². The summed E-state index contributed by atoms with van der Waals surface area (Å²) in [5.74, 6) is 0.272. The van der Waals surface area contributed by atoms with Crippen LogP contribution < -0.4 is 5.43 Å². The molecule has 0 unspecified atom stereocenters. The molecule has 0 N–H and O–H groups in total. The average molecular weight is 464 g/mol. The first-order valence-electron chi connectivity index (χ1n) is 12.8. The number of pyridine rings is 1. The molecule has 2 fully saturated rings. The Morgan fingerprint density at radius 1 is 0.824 bits per heavy atom. The minimum Gasteiger partial charge on any atom is -0.352 e. The number of hydrogen-bond acceptors (Lipinski definition) is 3. The van der Waals surface area contributed by atoms with Gasteiger partial charge in [-0.3, -0.25) is 14.4 Å². The highest BCUT2D eigenvalue weighted by Crippen LogP contribution is 2.28. The Hall–Kier alpha value is -2.89. The predicted octanol–water partition coefficient (Wildman–Crippen LogP) is 4.54. The van der Waals surface area contributed by atoms with Crippen molar-refractivity contribution in [2.45, 2.75) is 64.8 Å². The van der Waals surface area contributed by atoms with Gasteiger partial charge >= 0.3 is 0 Å². The largest absolute Gasteiger partial charge is 0.352 e. The van der Waals surface area contributed by atoms with Gasteiger partial charge in [-0.15, -0.1) is 0 Å². The third-order valence-electron chi connectivity index (χ3n) is 7.06. The van der Waals surface area contributed by atoms with Crippen molar-refractivity contribution >= 4 is 11.8 Å². The summed E-state index contributed by atoms with van der Waals surface area (Å²) < 4.78 is 1.86. The quantitative estimate of drug-likeness (QED) is 0.654. The topological polar surface area (TPSA) is 62.6 Å². The summed E-state index contributed by atoms with van der Waals surface area (Å²) in [6.07, 6.45) is 9.21. The van der Waals surface area contributed by atoms with E-state index in [2.05, 4.69) is 38.1 Å². The summed E-state index contributed by atoms with van der Waals surface area (Å²) in [5, 5.41) is 0. The lowest BCUT2D eigenvalue weighted by Gasteiger charge is -2.32. The minimum absolute atomic E-state index is 0.125. The lowest BCUT2D eigenvalue weighted by molar-refractivity contribution is 0.0710. The van der Waals surface area contributed by atoms with Crippen molar-refractivity contribution in [2.24, 2.45) is 5.92 Å². The maximum Gasteiger partial charge on any atom is 0.259 e. The second-order valence-corrected chi connectivity index (χ2v) is 10.2. The maximum absolute atomic E-state index is 13.5. The van der Waals surface area contributed by atoms with Gasteiger partial charge in [0.05, 0.1) is 0 Å². The Bertz CT molecular complexity index is 1040. The molecular weight excluding hydrogens is 426 g/mol. The number of piperidine rings is 1. The summed E-state index contributed by atoms with van der Waals surface area (Å²) in [4.78, 5) is 43.9. The van der Waals surface area contributed by atoms with Gasteiger partial charge in [-0.1, -0.05) is 57.0 Å². The molecule has 3 heterocycles. The summed E-state index contributed by atoms with van der Waals surface area (Å²) in [6, 6.07) is 10.4. The van der Waals surface area contributed by atoms with E-state index >= 15 is 0 Å². The van der Waals surface area contributed by atoms with Gasteiger partial charge in [0.15, 0.2) is 0 Å². The van der Waals surface area contributed by atoms with Gasteiger partial charge in [0.2, 0.25) is 5.43 Å². The van der Waals surface area contributed by atoms with Gasteiger partial charge in [-0.25, -0.2) is 0 Å². The number of aromatic nitrogens is 1. The maximum atomic E-state index is 13.5. The van der Waals surface area contributed by atoms with Gasteiger partial charge < -0.3 is 14.4 Å². The smallest absolute Gasteiger partial charge is 0.259 e. The summed E-state index contributed by atoms with van der Waals surface area (Å²) in [7, 11) is 0. The average Bonchev–Trinajstić information content (AvgIpc) is 3.14. The minimum atomic E-state index is -0.426. The first-order valence-corrected chi connectivity index (χ1v) is 12.8. The molecule has 2 aliphatic rings. The van der Waals surface area contributed by atoms with Gasteiger partial charge in [0.25, 0.3) is 11.8 Å². The number of carbonyl (C=O) groups excluding carboxylic acids is 2. The molecule has 2 saturated heterocycles. The summed E-state index contributed by atoms with van der Waals surface area (Å²) >= 11 is 0. The number of hydrogen-bond donors (Lipinski definition) is 0. The molecule has 0 bridgehead atoms. The number of likely N-dealkylation sites (tertiary alicyclic amines) is 2. The van der Waals surface area contributed by atoms with Gasteiger partial charge in [0, 0.05) is 45.1 Å². The molecule has 34 heavy (non-hydrogen) atoms. The van der Waals surface area contributed by atoms with E-state index in [1.54, 1.807) is 22.2 Å². The zero-order valence-electron chi connectivity index (χ0n) is 20.5. The van der Waals surface area contributed by atoms with Crippen LogP contribution in [0.5, 0.6) is 0 Å². The molecule has 1 aromatic carbocycles.